The molecule has 1 fully saturated rings. The molecule has 1 aromatic rings. The topological polar surface area (TPSA) is 49.9 Å². The van der Waals surface area contributed by atoms with Gasteiger partial charge in [-0.25, -0.2) is 0 Å². The van der Waals surface area contributed by atoms with Gasteiger partial charge in [0.2, 0.25) is 0 Å². The zero-order valence-corrected chi connectivity index (χ0v) is 7.84. The van der Waals surface area contributed by atoms with E-state index in [9.17, 15) is 0 Å². The number of hydrogen-bond donors (Lipinski definition) is 2. The Kier molecular flexibility index (Phi) is 2.61. The molecule has 2 rings (SSSR count). The van der Waals surface area contributed by atoms with Gasteiger partial charge in [-0.3, -0.25) is 5.10 Å². The zero-order chi connectivity index (χ0) is 9.10. The normalized spacial score (nSPS) is 22.4. The lowest BCUT2D eigenvalue weighted by atomic mass is 10.2. The van der Waals surface area contributed by atoms with Gasteiger partial charge in [-0.1, -0.05) is 0 Å². The van der Waals surface area contributed by atoms with Crippen LogP contribution in [0.25, 0.3) is 0 Å². The van der Waals surface area contributed by atoms with Gasteiger partial charge in [-0.15, -0.1) is 0 Å². The van der Waals surface area contributed by atoms with Crippen LogP contribution in [-0.4, -0.2) is 29.5 Å². The van der Waals surface area contributed by atoms with E-state index in [1.54, 1.807) is 0 Å². The number of H-pyrrole nitrogens is 1. The van der Waals surface area contributed by atoms with Crippen molar-refractivity contribution in [1.29, 1.82) is 0 Å². The van der Waals surface area contributed by atoms with Crippen molar-refractivity contribution >= 4 is 0 Å². The molecule has 1 saturated heterocycles. The smallest absolute Gasteiger partial charge is 0.0620 e. The lowest BCUT2D eigenvalue weighted by Gasteiger charge is -2.09. The van der Waals surface area contributed by atoms with Crippen LogP contribution in [0.2, 0.25) is 0 Å². The molecule has 0 saturated carbocycles. The first-order valence-electron chi connectivity index (χ1n) is 4.66. The van der Waals surface area contributed by atoms with E-state index in [1.807, 2.05) is 13.1 Å². The monoisotopic (exact) mass is 181 g/mol. The third-order valence-corrected chi connectivity index (χ3v) is 2.45. The molecule has 0 amide bonds. The number of hydrogen-bond acceptors (Lipinski definition) is 3. The Hall–Kier alpha value is -0.870. The standard InChI is InChI=1S/C9H15N3O/c1-7-8(5-11-12-7)4-10-9-2-3-13-6-9/h5,9-10H,2-4,6H2,1H3,(H,11,12). The van der Waals surface area contributed by atoms with Crippen molar-refractivity contribution in [3.63, 3.8) is 0 Å². The summed E-state index contributed by atoms with van der Waals surface area (Å²) in [6.45, 7) is 4.66. The highest BCUT2D eigenvalue weighted by Gasteiger charge is 2.14. The first-order valence-corrected chi connectivity index (χ1v) is 4.66. The van der Waals surface area contributed by atoms with Crippen LogP contribution in [0.3, 0.4) is 0 Å². The largest absolute Gasteiger partial charge is 0.380 e. The van der Waals surface area contributed by atoms with E-state index in [0.29, 0.717) is 6.04 Å². The van der Waals surface area contributed by atoms with Gasteiger partial charge < -0.3 is 10.1 Å². The minimum atomic E-state index is 0.522. The molecule has 0 spiro atoms. The number of aromatic amines is 1. The Bertz CT molecular complexity index is 266. The van der Waals surface area contributed by atoms with E-state index in [1.165, 1.54) is 5.56 Å². The first kappa shape index (κ1) is 8.72. The fourth-order valence-electron chi connectivity index (χ4n) is 1.50. The fraction of sp³-hybridized carbons (Fsp3) is 0.667. The summed E-state index contributed by atoms with van der Waals surface area (Å²) in [4.78, 5) is 0. The van der Waals surface area contributed by atoms with Crippen LogP contribution >= 0.6 is 0 Å². The van der Waals surface area contributed by atoms with Gasteiger partial charge >= 0.3 is 0 Å². The van der Waals surface area contributed by atoms with Crippen LogP contribution < -0.4 is 5.32 Å². The van der Waals surface area contributed by atoms with Gasteiger partial charge in [0.05, 0.1) is 12.8 Å². The summed E-state index contributed by atoms with van der Waals surface area (Å²) in [7, 11) is 0. The average Bonchev–Trinajstić information content (AvgIpc) is 2.72. The summed E-state index contributed by atoms with van der Waals surface area (Å²) in [5.74, 6) is 0. The second kappa shape index (κ2) is 3.89. The van der Waals surface area contributed by atoms with Crippen molar-refractivity contribution in [2.24, 2.45) is 0 Å². The summed E-state index contributed by atoms with van der Waals surface area (Å²) in [5, 5.41) is 10.3. The number of nitrogens with zero attached hydrogens (tertiary/aromatic N) is 1. The summed E-state index contributed by atoms with van der Waals surface area (Å²) in [5.41, 5.74) is 2.39. The highest BCUT2D eigenvalue weighted by molar-refractivity contribution is 5.13. The summed E-state index contributed by atoms with van der Waals surface area (Å²) in [6, 6.07) is 0.522. The van der Waals surface area contributed by atoms with Crippen molar-refractivity contribution < 1.29 is 4.74 Å². The summed E-state index contributed by atoms with van der Waals surface area (Å²) in [6.07, 6.45) is 3.00. The molecule has 4 nitrogen and oxygen atoms in total. The maximum Gasteiger partial charge on any atom is 0.0620 e. The predicted octanol–water partition coefficient (Wildman–Crippen LogP) is 0.597. The third-order valence-electron chi connectivity index (χ3n) is 2.45. The number of aryl methyl sites for hydroxylation is 1. The zero-order valence-electron chi connectivity index (χ0n) is 7.84. The van der Waals surface area contributed by atoms with E-state index in [-0.39, 0.29) is 0 Å². The highest BCUT2D eigenvalue weighted by atomic mass is 16.5. The van der Waals surface area contributed by atoms with Gasteiger partial charge in [0.15, 0.2) is 0 Å². The molecule has 1 aliphatic heterocycles. The first-order chi connectivity index (χ1) is 6.36. The Morgan fingerprint density at radius 2 is 2.69 bits per heavy atom. The molecule has 1 unspecified atom stereocenters. The molecule has 0 aromatic carbocycles. The molecule has 4 heteroatoms. The van der Waals surface area contributed by atoms with E-state index in [0.717, 1.165) is 31.9 Å². The minimum Gasteiger partial charge on any atom is -0.380 e. The molecule has 2 N–H and O–H groups in total. The van der Waals surface area contributed by atoms with Crippen molar-refractivity contribution in [3.05, 3.63) is 17.5 Å². The number of ether oxygens (including phenoxy) is 1. The van der Waals surface area contributed by atoms with Crippen LogP contribution in [0.15, 0.2) is 6.20 Å². The second-order valence-corrected chi connectivity index (χ2v) is 3.46. The Morgan fingerprint density at radius 1 is 1.77 bits per heavy atom. The fourth-order valence-corrected chi connectivity index (χ4v) is 1.50. The summed E-state index contributed by atoms with van der Waals surface area (Å²) < 4.78 is 5.27. The van der Waals surface area contributed by atoms with Crippen molar-refractivity contribution in [1.82, 2.24) is 15.5 Å². The molecule has 13 heavy (non-hydrogen) atoms. The maximum absolute atomic E-state index is 5.27. The number of nitrogens with one attached hydrogen (secondary N) is 2. The molecule has 1 aromatic heterocycles. The lowest BCUT2D eigenvalue weighted by Crippen LogP contribution is -2.28. The Labute approximate surface area is 77.7 Å². The number of rotatable bonds is 3. The van der Waals surface area contributed by atoms with Gasteiger partial charge in [0.25, 0.3) is 0 Å². The van der Waals surface area contributed by atoms with Crippen LogP contribution in [0, 0.1) is 6.92 Å². The molecule has 1 aliphatic rings. The van der Waals surface area contributed by atoms with E-state index >= 15 is 0 Å². The van der Waals surface area contributed by atoms with Gasteiger partial charge in [-0.05, 0) is 13.3 Å². The van der Waals surface area contributed by atoms with Crippen molar-refractivity contribution in [2.75, 3.05) is 13.2 Å². The molecule has 72 valence electrons. The van der Waals surface area contributed by atoms with E-state index in [2.05, 4.69) is 15.5 Å². The van der Waals surface area contributed by atoms with E-state index < -0.39 is 0 Å². The van der Waals surface area contributed by atoms with Crippen LogP contribution in [0.1, 0.15) is 17.7 Å². The van der Waals surface area contributed by atoms with Crippen LogP contribution in [-0.2, 0) is 11.3 Å². The number of aromatic nitrogens is 2. The second-order valence-electron chi connectivity index (χ2n) is 3.46. The van der Waals surface area contributed by atoms with E-state index in [4.69, 9.17) is 4.74 Å². The molecular weight excluding hydrogens is 166 g/mol. The molecule has 2 heterocycles. The van der Waals surface area contributed by atoms with Crippen LogP contribution in [0.4, 0.5) is 0 Å². The third kappa shape index (κ3) is 2.08. The Balaban J connectivity index is 1.82. The maximum atomic E-state index is 5.27. The van der Waals surface area contributed by atoms with Gasteiger partial charge in [0, 0.05) is 30.5 Å². The van der Waals surface area contributed by atoms with Crippen molar-refractivity contribution in [2.45, 2.75) is 25.9 Å². The quantitative estimate of drug-likeness (QED) is 0.717. The molecular formula is C9H15N3O. The minimum absolute atomic E-state index is 0.522. The van der Waals surface area contributed by atoms with Gasteiger partial charge in [-0.2, -0.15) is 5.10 Å². The molecule has 0 aliphatic carbocycles. The Morgan fingerprint density at radius 3 is 3.31 bits per heavy atom. The highest BCUT2D eigenvalue weighted by Crippen LogP contribution is 2.06. The van der Waals surface area contributed by atoms with Crippen molar-refractivity contribution in [3.8, 4) is 0 Å². The molecule has 0 bridgehead atoms. The molecule has 1 atom stereocenters. The SMILES string of the molecule is Cc1[nH]ncc1CNC1CCOC1. The average molecular weight is 181 g/mol. The van der Waals surface area contributed by atoms with Gasteiger partial charge in [0.1, 0.15) is 0 Å². The lowest BCUT2D eigenvalue weighted by molar-refractivity contribution is 0.190. The summed E-state index contributed by atoms with van der Waals surface area (Å²) >= 11 is 0. The van der Waals surface area contributed by atoms with Crippen LogP contribution in [0.5, 0.6) is 0 Å². The molecule has 0 radical (unpaired) electrons. The predicted molar refractivity (Wildman–Crippen MR) is 49.4 cm³/mol.